The number of rotatable bonds is 4. The van der Waals surface area contributed by atoms with Crippen LogP contribution in [-0.2, 0) is 0 Å². The molecule has 2 heterocycles. The zero-order valence-corrected chi connectivity index (χ0v) is 15.4. The van der Waals surface area contributed by atoms with E-state index in [0.717, 1.165) is 5.56 Å². The zero-order chi connectivity index (χ0) is 19.0. The first kappa shape index (κ1) is 17.2. The highest BCUT2D eigenvalue weighted by Gasteiger charge is 2.22. The summed E-state index contributed by atoms with van der Waals surface area (Å²) in [4.78, 5) is 12.8. The number of hydrogen-bond donors (Lipinski definition) is 0. The van der Waals surface area contributed by atoms with E-state index in [-0.39, 0.29) is 11.0 Å². The lowest BCUT2D eigenvalue weighted by Crippen LogP contribution is -2.04. The van der Waals surface area contributed by atoms with Crippen LogP contribution in [0.3, 0.4) is 0 Å². The minimum absolute atomic E-state index is 0.231. The summed E-state index contributed by atoms with van der Waals surface area (Å²) >= 11 is 5.90. The molecule has 0 N–H and O–H groups in total. The van der Waals surface area contributed by atoms with Gasteiger partial charge in [0.25, 0.3) is 0 Å². The fourth-order valence-corrected chi connectivity index (χ4v) is 3.15. The molecule has 27 heavy (non-hydrogen) atoms. The molecule has 0 radical (unpaired) electrons. The van der Waals surface area contributed by atoms with Crippen molar-refractivity contribution in [2.24, 2.45) is 0 Å². The third kappa shape index (κ3) is 2.96. The van der Waals surface area contributed by atoms with Crippen molar-refractivity contribution in [3.63, 3.8) is 0 Å². The van der Waals surface area contributed by atoms with Crippen LogP contribution in [0, 0.1) is 0 Å². The number of ether oxygens (including phenoxy) is 2. The highest BCUT2D eigenvalue weighted by molar-refractivity contribution is 6.30. The van der Waals surface area contributed by atoms with Gasteiger partial charge in [-0.15, -0.1) is 0 Å². The van der Waals surface area contributed by atoms with Gasteiger partial charge in [0.05, 0.1) is 25.9 Å². The van der Waals surface area contributed by atoms with E-state index in [1.165, 1.54) is 26.5 Å². The number of hydrogen-bond acceptors (Lipinski definition) is 5. The van der Waals surface area contributed by atoms with Gasteiger partial charge >= 0.3 is 0 Å². The van der Waals surface area contributed by atoms with Crippen LogP contribution in [-0.4, -0.2) is 14.2 Å². The van der Waals surface area contributed by atoms with Crippen LogP contribution in [0.15, 0.2) is 56.3 Å². The lowest BCUT2D eigenvalue weighted by Gasteiger charge is -2.10. The maximum atomic E-state index is 12.8. The molecule has 0 amide bonds. The Morgan fingerprint density at radius 3 is 2.41 bits per heavy atom. The molecule has 2 aromatic carbocycles. The fraction of sp³-hybridized carbons (Fsp3) is 0.0952. The summed E-state index contributed by atoms with van der Waals surface area (Å²) in [6, 6.07) is 10.5. The number of furan rings is 1. The molecule has 0 aliphatic heterocycles. The molecular formula is C21H15ClO5. The van der Waals surface area contributed by atoms with E-state index in [4.69, 9.17) is 29.9 Å². The van der Waals surface area contributed by atoms with Crippen molar-refractivity contribution in [2.75, 3.05) is 14.2 Å². The maximum Gasteiger partial charge on any atom is 0.206 e. The molecule has 0 aliphatic carbocycles. The molecule has 0 aliphatic rings. The molecule has 5 nitrogen and oxygen atoms in total. The van der Waals surface area contributed by atoms with Crippen LogP contribution < -0.4 is 14.9 Å². The van der Waals surface area contributed by atoms with E-state index in [1.54, 1.807) is 24.3 Å². The summed E-state index contributed by atoms with van der Waals surface area (Å²) in [6.45, 7) is 0. The van der Waals surface area contributed by atoms with Gasteiger partial charge in [-0.25, -0.2) is 0 Å². The predicted octanol–water partition coefficient (Wildman–Crippen LogP) is 5.38. The Balaban J connectivity index is 1.93. The average molecular weight is 383 g/mol. The topological polar surface area (TPSA) is 61.8 Å². The number of halogens is 1. The maximum absolute atomic E-state index is 12.8. The molecule has 0 spiro atoms. The van der Waals surface area contributed by atoms with E-state index < -0.39 is 0 Å². The number of benzene rings is 2. The summed E-state index contributed by atoms with van der Waals surface area (Å²) in [5, 5.41) is 1.62. The third-order valence-electron chi connectivity index (χ3n) is 4.23. The number of methoxy groups -OCH3 is 2. The van der Waals surface area contributed by atoms with E-state index in [0.29, 0.717) is 38.6 Å². The Labute approximate surface area is 159 Å². The van der Waals surface area contributed by atoms with Crippen molar-refractivity contribution >= 4 is 45.7 Å². The van der Waals surface area contributed by atoms with Crippen LogP contribution >= 0.6 is 11.6 Å². The monoisotopic (exact) mass is 382 g/mol. The summed E-state index contributed by atoms with van der Waals surface area (Å²) in [6.07, 6.45) is 5.05. The highest BCUT2D eigenvalue weighted by atomic mass is 35.5. The highest BCUT2D eigenvalue weighted by Crippen LogP contribution is 2.42. The predicted molar refractivity (Wildman–Crippen MR) is 106 cm³/mol. The van der Waals surface area contributed by atoms with E-state index in [1.807, 2.05) is 18.2 Å². The first-order chi connectivity index (χ1) is 13.1. The van der Waals surface area contributed by atoms with Crippen LogP contribution in [0.5, 0.6) is 11.5 Å². The molecule has 0 unspecified atom stereocenters. The molecule has 0 atom stereocenters. The molecule has 0 bridgehead atoms. The molecule has 0 saturated heterocycles. The summed E-state index contributed by atoms with van der Waals surface area (Å²) < 4.78 is 22.4. The minimum atomic E-state index is -0.231. The third-order valence-corrected chi connectivity index (χ3v) is 4.49. The molecule has 0 fully saturated rings. The van der Waals surface area contributed by atoms with Gasteiger partial charge in [-0.2, -0.15) is 0 Å². The van der Waals surface area contributed by atoms with Gasteiger partial charge in [0.15, 0.2) is 16.6 Å². The molecule has 2 aromatic heterocycles. The Kier molecular flexibility index (Phi) is 4.38. The van der Waals surface area contributed by atoms with Crippen LogP contribution in [0.4, 0.5) is 0 Å². The van der Waals surface area contributed by atoms with Gasteiger partial charge in [0.1, 0.15) is 16.9 Å². The van der Waals surface area contributed by atoms with Crippen molar-refractivity contribution in [3.8, 4) is 11.5 Å². The summed E-state index contributed by atoms with van der Waals surface area (Å²) in [7, 11) is 3.00. The first-order valence-corrected chi connectivity index (χ1v) is 8.53. The standard InChI is InChI=1S/C21H15ClO5/c1-24-18-15-9-10-26-19(15)21(25-2)20-17(18)16(23)11-14(27-20)8-5-12-3-6-13(22)7-4-12/h3-11H,1-2H3/b8-5-. The lowest BCUT2D eigenvalue weighted by atomic mass is 10.1. The largest absolute Gasteiger partial charge is 0.495 e. The Hall–Kier alpha value is -3.18. The zero-order valence-electron chi connectivity index (χ0n) is 14.6. The van der Waals surface area contributed by atoms with Gasteiger partial charge in [-0.1, -0.05) is 29.8 Å². The van der Waals surface area contributed by atoms with Gasteiger partial charge in [-0.3, -0.25) is 4.79 Å². The smallest absolute Gasteiger partial charge is 0.206 e. The van der Waals surface area contributed by atoms with Crippen LogP contribution in [0.2, 0.25) is 5.02 Å². The van der Waals surface area contributed by atoms with E-state index in [9.17, 15) is 4.79 Å². The van der Waals surface area contributed by atoms with Crippen molar-refractivity contribution in [3.05, 3.63) is 69.2 Å². The van der Waals surface area contributed by atoms with Crippen molar-refractivity contribution in [2.45, 2.75) is 0 Å². The van der Waals surface area contributed by atoms with Gasteiger partial charge in [0, 0.05) is 11.1 Å². The second kappa shape index (κ2) is 6.85. The second-order valence-corrected chi connectivity index (χ2v) is 6.27. The minimum Gasteiger partial charge on any atom is -0.495 e. The second-order valence-electron chi connectivity index (χ2n) is 5.83. The molecule has 6 heteroatoms. The SMILES string of the molecule is COc1c2occc2c(OC)c2c(=O)cc(/C=C\c3ccc(Cl)cc3)oc12. The molecule has 0 saturated carbocycles. The molecule has 4 rings (SSSR count). The Morgan fingerprint density at radius 1 is 0.963 bits per heavy atom. The Morgan fingerprint density at radius 2 is 1.70 bits per heavy atom. The van der Waals surface area contributed by atoms with Gasteiger partial charge in [0.2, 0.25) is 5.75 Å². The molecule has 4 aromatic rings. The number of fused-ring (bicyclic) bond motifs is 2. The lowest BCUT2D eigenvalue weighted by molar-refractivity contribution is 0.400. The molecular weight excluding hydrogens is 368 g/mol. The van der Waals surface area contributed by atoms with Crippen molar-refractivity contribution < 1.29 is 18.3 Å². The molecule has 136 valence electrons. The fourth-order valence-electron chi connectivity index (χ4n) is 3.02. The average Bonchev–Trinajstić information content (AvgIpc) is 3.15. The van der Waals surface area contributed by atoms with E-state index in [2.05, 4.69) is 0 Å². The van der Waals surface area contributed by atoms with Crippen LogP contribution in [0.1, 0.15) is 11.3 Å². The van der Waals surface area contributed by atoms with E-state index >= 15 is 0 Å². The summed E-state index contributed by atoms with van der Waals surface area (Å²) in [5.74, 6) is 1.13. The van der Waals surface area contributed by atoms with Gasteiger partial charge < -0.3 is 18.3 Å². The van der Waals surface area contributed by atoms with Crippen molar-refractivity contribution in [1.29, 1.82) is 0 Å². The van der Waals surface area contributed by atoms with Crippen LogP contribution in [0.25, 0.3) is 34.1 Å². The quantitative estimate of drug-likeness (QED) is 0.474. The Bertz CT molecular complexity index is 1220. The summed E-state index contributed by atoms with van der Waals surface area (Å²) in [5.41, 5.74) is 1.43. The normalized spacial score (nSPS) is 11.5. The van der Waals surface area contributed by atoms with Crippen molar-refractivity contribution in [1.82, 2.24) is 0 Å². The van der Waals surface area contributed by atoms with Gasteiger partial charge in [-0.05, 0) is 29.8 Å². The first-order valence-electron chi connectivity index (χ1n) is 8.15.